The van der Waals surface area contributed by atoms with E-state index in [1.54, 1.807) is 12.5 Å². The summed E-state index contributed by atoms with van der Waals surface area (Å²) >= 11 is 1.37. The molecule has 1 heterocycles. The molecule has 0 spiro atoms. The Hall–Kier alpha value is -1.88. The predicted molar refractivity (Wildman–Crippen MR) is 74.3 cm³/mol. The molecule has 0 bridgehead atoms. The molecule has 0 saturated carbocycles. The van der Waals surface area contributed by atoms with Crippen molar-refractivity contribution in [2.24, 2.45) is 0 Å². The summed E-state index contributed by atoms with van der Waals surface area (Å²) in [5.41, 5.74) is 3.52. The lowest BCUT2D eigenvalue weighted by Crippen LogP contribution is -1.99. The van der Waals surface area contributed by atoms with Gasteiger partial charge in [-0.15, -0.1) is 11.3 Å². The topological polar surface area (TPSA) is 59.4 Å². The van der Waals surface area contributed by atoms with Crippen molar-refractivity contribution in [3.8, 4) is 5.75 Å². The first-order valence-corrected chi connectivity index (χ1v) is 6.71. The van der Waals surface area contributed by atoms with E-state index in [9.17, 15) is 4.79 Å². The van der Waals surface area contributed by atoms with E-state index in [2.05, 4.69) is 4.98 Å². The molecule has 0 atom stereocenters. The Labute approximate surface area is 115 Å². The molecule has 0 aliphatic rings. The van der Waals surface area contributed by atoms with Crippen LogP contribution in [-0.4, -0.2) is 23.2 Å². The van der Waals surface area contributed by atoms with Gasteiger partial charge in [-0.2, -0.15) is 0 Å². The highest BCUT2D eigenvalue weighted by Crippen LogP contribution is 2.26. The molecule has 0 aliphatic carbocycles. The van der Waals surface area contributed by atoms with Crippen molar-refractivity contribution < 1.29 is 14.6 Å². The smallest absolute Gasteiger partial charge is 0.355 e. The van der Waals surface area contributed by atoms with Crippen LogP contribution in [0, 0.1) is 13.8 Å². The minimum absolute atomic E-state index is 0.114. The second-order valence-corrected chi connectivity index (χ2v) is 5.23. The largest absolute Gasteiger partial charge is 0.496 e. The molecule has 0 fully saturated rings. The molecule has 1 N–H and O–H groups in total. The molecular formula is C14H15NO3S. The van der Waals surface area contributed by atoms with Crippen molar-refractivity contribution >= 4 is 17.3 Å². The average molecular weight is 277 g/mol. The summed E-state index contributed by atoms with van der Waals surface area (Å²) in [6, 6.07) is 3.94. The summed E-state index contributed by atoms with van der Waals surface area (Å²) in [7, 11) is 1.65. The zero-order valence-corrected chi connectivity index (χ0v) is 11.9. The fourth-order valence-electron chi connectivity index (χ4n) is 1.92. The van der Waals surface area contributed by atoms with Gasteiger partial charge in [0.25, 0.3) is 0 Å². The zero-order chi connectivity index (χ0) is 14.0. The zero-order valence-electron chi connectivity index (χ0n) is 11.1. The quantitative estimate of drug-likeness (QED) is 0.933. The molecule has 2 aromatic rings. The number of aromatic carboxylic acids is 1. The number of carboxylic acid groups (broad SMARTS) is 1. The number of aromatic nitrogens is 1. The fraction of sp³-hybridized carbons (Fsp3) is 0.286. The Morgan fingerprint density at radius 3 is 2.68 bits per heavy atom. The van der Waals surface area contributed by atoms with Gasteiger partial charge in [0.15, 0.2) is 5.69 Å². The van der Waals surface area contributed by atoms with Gasteiger partial charge >= 0.3 is 5.97 Å². The molecule has 0 saturated heterocycles. The number of benzene rings is 1. The van der Waals surface area contributed by atoms with E-state index >= 15 is 0 Å². The van der Waals surface area contributed by atoms with Crippen LogP contribution in [-0.2, 0) is 6.42 Å². The minimum atomic E-state index is -0.981. The van der Waals surface area contributed by atoms with Crippen LogP contribution >= 0.6 is 11.3 Å². The third-order valence-electron chi connectivity index (χ3n) is 3.18. The molecule has 2 rings (SSSR count). The van der Waals surface area contributed by atoms with Crippen LogP contribution in [0.15, 0.2) is 17.5 Å². The highest BCUT2D eigenvalue weighted by atomic mass is 32.1. The highest BCUT2D eigenvalue weighted by Gasteiger charge is 2.12. The first-order chi connectivity index (χ1) is 9.02. The van der Waals surface area contributed by atoms with Gasteiger partial charge in [-0.25, -0.2) is 9.78 Å². The number of thiazole rings is 1. The maximum atomic E-state index is 10.8. The number of nitrogens with zero attached hydrogens (tertiary/aromatic N) is 1. The number of hydrogen-bond acceptors (Lipinski definition) is 4. The summed E-state index contributed by atoms with van der Waals surface area (Å²) in [4.78, 5) is 14.9. The molecule has 1 aromatic heterocycles. The monoisotopic (exact) mass is 277 g/mol. The van der Waals surface area contributed by atoms with E-state index in [0.717, 1.165) is 27.4 Å². The van der Waals surface area contributed by atoms with E-state index < -0.39 is 5.97 Å². The fourth-order valence-corrected chi connectivity index (χ4v) is 2.71. The maximum absolute atomic E-state index is 10.8. The number of methoxy groups -OCH3 is 1. The average Bonchev–Trinajstić information content (AvgIpc) is 2.84. The SMILES string of the molecule is COc1ccc(Cc2nc(C(=O)O)cs2)c(C)c1C. The third kappa shape index (κ3) is 2.76. The number of hydrogen-bond donors (Lipinski definition) is 1. The van der Waals surface area contributed by atoms with Crippen LogP contribution in [0.4, 0.5) is 0 Å². The lowest BCUT2D eigenvalue weighted by molar-refractivity contribution is 0.0691. The van der Waals surface area contributed by atoms with Crippen LogP contribution < -0.4 is 4.74 Å². The number of rotatable bonds is 4. The predicted octanol–water partition coefficient (Wildman–Crippen LogP) is 3.06. The molecule has 100 valence electrons. The molecule has 0 radical (unpaired) electrons. The van der Waals surface area contributed by atoms with Crippen LogP contribution in [0.1, 0.15) is 32.2 Å². The van der Waals surface area contributed by atoms with Crippen molar-refractivity contribution in [3.05, 3.63) is 44.9 Å². The highest BCUT2D eigenvalue weighted by molar-refractivity contribution is 7.09. The van der Waals surface area contributed by atoms with E-state index in [1.165, 1.54) is 11.3 Å². The van der Waals surface area contributed by atoms with E-state index in [1.807, 2.05) is 26.0 Å². The van der Waals surface area contributed by atoms with Gasteiger partial charge in [-0.3, -0.25) is 0 Å². The van der Waals surface area contributed by atoms with E-state index in [-0.39, 0.29) is 5.69 Å². The lowest BCUT2D eigenvalue weighted by Gasteiger charge is -2.11. The van der Waals surface area contributed by atoms with Gasteiger partial charge in [0, 0.05) is 11.8 Å². The molecular weight excluding hydrogens is 262 g/mol. The summed E-state index contributed by atoms with van der Waals surface area (Å²) in [6.07, 6.45) is 0.647. The van der Waals surface area contributed by atoms with Gasteiger partial charge < -0.3 is 9.84 Å². The van der Waals surface area contributed by atoms with Crippen molar-refractivity contribution in [1.29, 1.82) is 0 Å². The first-order valence-electron chi connectivity index (χ1n) is 5.83. The van der Waals surface area contributed by atoms with Crippen molar-refractivity contribution in [3.63, 3.8) is 0 Å². The Morgan fingerprint density at radius 1 is 1.37 bits per heavy atom. The normalized spacial score (nSPS) is 10.5. The van der Waals surface area contributed by atoms with Crippen molar-refractivity contribution in [2.75, 3.05) is 7.11 Å². The molecule has 19 heavy (non-hydrogen) atoms. The minimum Gasteiger partial charge on any atom is -0.496 e. The van der Waals surface area contributed by atoms with Crippen molar-refractivity contribution in [1.82, 2.24) is 4.98 Å². The number of carbonyl (C=O) groups is 1. The van der Waals surface area contributed by atoms with Crippen molar-refractivity contribution in [2.45, 2.75) is 20.3 Å². The molecule has 0 amide bonds. The van der Waals surface area contributed by atoms with Crippen LogP contribution in [0.2, 0.25) is 0 Å². The second-order valence-electron chi connectivity index (χ2n) is 4.29. The maximum Gasteiger partial charge on any atom is 0.355 e. The summed E-state index contributed by atoms with van der Waals surface area (Å²) < 4.78 is 5.28. The lowest BCUT2D eigenvalue weighted by atomic mass is 10.0. The summed E-state index contributed by atoms with van der Waals surface area (Å²) in [5, 5.41) is 11.2. The number of ether oxygens (including phenoxy) is 1. The van der Waals surface area contributed by atoms with E-state index in [0.29, 0.717) is 6.42 Å². The van der Waals surface area contributed by atoms with Gasteiger partial charge in [0.05, 0.1) is 12.1 Å². The van der Waals surface area contributed by atoms with Gasteiger partial charge in [0.2, 0.25) is 0 Å². The van der Waals surface area contributed by atoms with Crippen LogP contribution in [0.5, 0.6) is 5.75 Å². The Bertz CT molecular complexity index is 619. The van der Waals surface area contributed by atoms with E-state index in [4.69, 9.17) is 9.84 Å². The molecule has 0 unspecified atom stereocenters. The van der Waals surface area contributed by atoms with Gasteiger partial charge in [0.1, 0.15) is 5.75 Å². The Balaban J connectivity index is 2.28. The van der Waals surface area contributed by atoms with Crippen LogP contribution in [0.3, 0.4) is 0 Å². The van der Waals surface area contributed by atoms with Gasteiger partial charge in [-0.05, 0) is 36.6 Å². The van der Waals surface area contributed by atoms with Gasteiger partial charge in [-0.1, -0.05) is 6.07 Å². The standard InChI is InChI=1S/C14H15NO3S/c1-8-9(2)12(18-3)5-4-10(8)6-13-15-11(7-19-13)14(16)17/h4-5,7H,6H2,1-3H3,(H,16,17). The summed E-state index contributed by atoms with van der Waals surface area (Å²) in [5.74, 6) is -0.114. The molecule has 4 nitrogen and oxygen atoms in total. The third-order valence-corrected chi connectivity index (χ3v) is 4.03. The van der Waals surface area contributed by atoms with Crippen LogP contribution in [0.25, 0.3) is 0 Å². The second kappa shape index (κ2) is 5.40. The first kappa shape index (κ1) is 13.5. The molecule has 5 heteroatoms. The molecule has 0 aliphatic heterocycles. The summed E-state index contributed by atoms with van der Waals surface area (Å²) in [6.45, 7) is 4.06. The molecule has 1 aromatic carbocycles. The Kier molecular flexibility index (Phi) is 3.85. The Morgan fingerprint density at radius 2 is 2.11 bits per heavy atom. The number of carboxylic acids is 1.